The van der Waals surface area contributed by atoms with Gasteiger partial charge in [0.05, 0.1) is 10.8 Å². The summed E-state index contributed by atoms with van der Waals surface area (Å²) in [4.78, 5) is 27.0. The van der Waals surface area contributed by atoms with E-state index in [9.17, 15) is 14.9 Å². The Balaban J connectivity index is 1.27. The third kappa shape index (κ3) is 6.04. The van der Waals surface area contributed by atoms with E-state index in [1.807, 2.05) is 109 Å². The second-order valence-corrected chi connectivity index (χ2v) is 11.0. The monoisotopic (exact) mass is 547 g/mol. The molecule has 0 aliphatic heterocycles. The zero-order chi connectivity index (χ0) is 27.2. The van der Waals surface area contributed by atoms with Crippen LogP contribution in [0.4, 0.5) is 10.7 Å². The van der Waals surface area contributed by atoms with Crippen LogP contribution in [-0.2, 0) is 4.79 Å². The third-order valence-electron chi connectivity index (χ3n) is 6.27. The van der Waals surface area contributed by atoms with Crippen LogP contribution in [0.3, 0.4) is 0 Å². The number of hydrogen-bond donors (Lipinski definition) is 2. The van der Waals surface area contributed by atoms with E-state index in [4.69, 9.17) is 0 Å². The van der Waals surface area contributed by atoms with E-state index < -0.39 is 0 Å². The van der Waals surface area contributed by atoms with E-state index in [-0.39, 0.29) is 17.1 Å². The molecular weight excluding hydrogens is 523 g/mol. The number of carbonyl (C=O) groups excluding carboxylic acids is 2. The lowest BCUT2D eigenvalue weighted by molar-refractivity contribution is -0.115. The molecule has 1 unspecified atom stereocenters. The second kappa shape index (κ2) is 12.0. The Morgan fingerprint density at radius 1 is 0.897 bits per heavy atom. The Morgan fingerprint density at radius 2 is 1.67 bits per heavy atom. The van der Waals surface area contributed by atoms with Crippen molar-refractivity contribution in [2.45, 2.75) is 23.5 Å². The van der Waals surface area contributed by atoms with Crippen LogP contribution < -0.4 is 10.6 Å². The number of amides is 2. The molecule has 1 aromatic heterocycles. The second-order valence-electron chi connectivity index (χ2n) is 8.88. The van der Waals surface area contributed by atoms with E-state index in [1.165, 1.54) is 23.1 Å². The highest BCUT2D eigenvalue weighted by atomic mass is 32.2. The first-order valence-electron chi connectivity index (χ1n) is 12.5. The van der Waals surface area contributed by atoms with Gasteiger partial charge in [-0.05, 0) is 53.1 Å². The highest BCUT2D eigenvalue weighted by Gasteiger charge is 2.22. The van der Waals surface area contributed by atoms with Crippen LogP contribution in [0.1, 0.15) is 29.3 Å². The van der Waals surface area contributed by atoms with Gasteiger partial charge in [0.25, 0.3) is 5.91 Å². The van der Waals surface area contributed by atoms with Gasteiger partial charge in [-0.15, -0.1) is 23.1 Å². The van der Waals surface area contributed by atoms with Gasteiger partial charge in [-0.3, -0.25) is 9.59 Å². The predicted octanol–water partition coefficient (Wildman–Crippen LogP) is 8.20. The molecule has 5 rings (SSSR count). The maximum absolute atomic E-state index is 13.2. The lowest BCUT2D eigenvalue weighted by Gasteiger charge is -2.15. The van der Waals surface area contributed by atoms with Gasteiger partial charge in [-0.2, -0.15) is 5.26 Å². The average molecular weight is 548 g/mol. The van der Waals surface area contributed by atoms with Crippen molar-refractivity contribution in [3.63, 3.8) is 0 Å². The van der Waals surface area contributed by atoms with E-state index in [2.05, 4.69) is 16.7 Å². The van der Waals surface area contributed by atoms with Crippen molar-refractivity contribution in [2.75, 3.05) is 10.6 Å². The first-order chi connectivity index (χ1) is 19.1. The molecule has 4 aromatic carbocycles. The number of hydrogen-bond acceptors (Lipinski definition) is 5. The van der Waals surface area contributed by atoms with E-state index in [0.29, 0.717) is 28.2 Å². The predicted molar refractivity (Wildman–Crippen MR) is 161 cm³/mol. The van der Waals surface area contributed by atoms with Crippen molar-refractivity contribution in [2.24, 2.45) is 0 Å². The normalized spacial score (nSPS) is 11.5. The van der Waals surface area contributed by atoms with Gasteiger partial charge < -0.3 is 10.6 Å². The minimum atomic E-state index is -0.370. The SMILES string of the molecule is CCC(Sc1cccc(NC(=O)c2ccc3ccccc3c2)c1)C(=O)Nc1scc(-c2ccccc2)c1C#N. The molecule has 192 valence electrons. The van der Waals surface area contributed by atoms with Crippen LogP contribution >= 0.6 is 23.1 Å². The number of fused-ring (bicyclic) bond motifs is 1. The molecule has 0 fully saturated rings. The molecule has 0 saturated carbocycles. The molecule has 2 N–H and O–H groups in total. The van der Waals surface area contributed by atoms with Crippen molar-refractivity contribution in [3.8, 4) is 17.2 Å². The van der Waals surface area contributed by atoms with E-state index in [0.717, 1.165) is 26.8 Å². The van der Waals surface area contributed by atoms with Crippen molar-refractivity contribution in [3.05, 3.63) is 114 Å². The van der Waals surface area contributed by atoms with Crippen LogP contribution in [0, 0.1) is 11.3 Å². The molecule has 1 heterocycles. The van der Waals surface area contributed by atoms with Gasteiger partial charge in [0.2, 0.25) is 5.91 Å². The number of nitriles is 1. The molecule has 0 aliphatic carbocycles. The summed E-state index contributed by atoms with van der Waals surface area (Å²) in [6.07, 6.45) is 0.600. The van der Waals surface area contributed by atoms with Gasteiger partial charge in [-0.25, -0.2) is 0 Å². The molecule has 0 bridgehead atoms. The van der Waals surface area contributed by atoms with Crippen LogP contribution in [0.15, 0.2) is 107 Å². The summed E-state index contributed by atoms with van der Waals surface area (Å²) < 4.78 is 0. The summed E-state index contributed by atoms with van der Waals surface area (Å²) in [5.41, 5.74) is 3.46. The van der Waals surface area contributed by atoms with Crippen LogP contribution in [0.5, 0.6) is 0 Å². The Morgan fingerprint density at radius 3 is 2.44 bits per heavy atom. The minimum Gasteiger partial charge on any atom is -0.322 e. The Hall–Kier alpha value is -4.38. The van der Waals surface area contributed by atoms with Gasteiger partial charge in [0.1, 0.15) is 11.1 Å². The summed E-state index contributed by atoms with van der Waals surface area (Å²) in [6.45, 7) is 1.96. The highest BCUT2D eigenvalue weighted by molar-refractivity contribution is 8.00. The minimum absolute atomic E-state index is 0.161. The first-order valence-corrected chi connectivity index (χ1v) is 14.3. The Kier molecular flexibility index (Phi) is 8.07. The molecule has 5 nitrogen and oxygen atoms in total. The van der Waals surface area contributed by atoms with Crippen molar-refractivity contribution < 1.29 is 9.59 Å². The number of anilines is 2. The van der Waals surface area contributed by atoms with E-state index >= 15 is 0 Å². The fourth-order valence-corrected chi connectivity index (χ4v) is 6.19. The van der Waals surface area contributed by atoms with Gasteiger partial charge in [-0.1, -0.05) is 73.7 Å². The zero-order valence-electron chi connectivity index (χ0n) is 21.2. The molecule has 0 spiro atoms. The number of carbonyl (C=O) groups is 2. The fraction of sp³-hybridized carbons (Fsp3) is 0.0938. The third-order valence-corrected chi connectivity index (χ3v) is 8.52. The first kappa shape index (κ1) is 26.2. The number of nitrogens with one attached hydrogen (secondary N) is 2. The summed E-state index contributed by atoms with van der Waals surface area (Å²) in [6, 6.07) is 33.0. The van der Waals surface area contributed by atoms with Gasteiger partial charge in [0, 0.05) is 27.1 Å². The summed E-state index contributed by atoms with van der Waals surface area (Å²) in [7, 11) is 0. The Labute approximate surface area is 235 Å². The molecule has 5 aromatic rings. The standard InChI is InChI=1S/C32H25N3O2S2/c1-2-29(31(37)35-32-27(19-33)28(20-38-32)22-10-4-3-5-11-22)39-26-14-8-13-25(18-26)34-30(36)24-16-15-21-9-6-7-12-23(21)17-24/h3-18,20,29H,2H2,1H3,(H,34,36)(H,35,37). The molecule has 39 heavy (non-hydrogen) atoms. The maximum Gasteiger partial charge on any atom is 0.255 e. The van der Waals surface area contributed by atoms with Crippen LogP contribution in [-0.4, -0.2) is 17.1 Å². The maximum atomic E-state index is 13.2. The average Bonchev–Trinajstić information content (AvgIpc) is 3.38. The number of thiophene rings is 1. The Bertz CT molecular complexity index is 1690. The lowest BCUT2D eigenvalue weighted by atomic mass is 10.1. The molecule has 1 atom stereocenters. The van der Waals surface area contributed by atoms with Gasteiger partial charge >= 0.3 is 0 Å². The number of benzene rings is 4. The van der Waals surface area contributed by atoms with Crippen molar-refractivity contribution in [1.29, 1.82) is 5.26 Å². The zero-order valence-corrected chi connectivity index (χ0v) is 22.8. The van der Waals surface area contributed by atoms with Crippen LogP contribution in [0.2, 0.25) is 0 Å². The number of rotatable bonds is 8. The van der Waals surface area contributed by atoms with Gasteiger partial charge in [0.15, 0.2) is 0 Å². The summed E-state index contributed by atoms with van der Waals surface area (Å²) in [5.74, 6) is -0.352. The molecule has 2 amide bonds. The summed E-state index contributed by atoms with van der Waals surface area (Å²) in [5, 5.41) is 19.9. The fourth-order valence-electron chi connectivity index (χ4n) is 4.25. The molecular formula is C32H25N3O2S2. The molecule has 0 radical (unpaired) electrons. The molecule has 7 heteroatoms. The van der Waals surface area contributed by atoms with Crippen molar-refractivity contribution in [1.82, 2.24) is 0 Å². The number of nitrogens with zero attached hydrogens (tertiary/aromatic N) is 1. The highest BCUT2D eigenvalue weighted by Crippen LogP contribution is 2.36. The van der Waals surface area contributed by atoms with Crippen LogP contribution in [0.25, 0.3) is 21.9 Å². The molecule has 0 saturated heterocycles. The quantitative estimate of drug-likeness (QED) is 0.192. The lowest BCUT2D eigenvalue weighted by Crippen LogP contribution is -2.24. The van der Waals surface area contributed by atoms with E-state index in [1.54, 1.807) is 0 Å². The summed E-state index contributed by atoms with van der Waals surface area (Å²) >= 11 is 2.78. The largest absolute Gasteiger partial charge is 0.322 e. The smallest absolute Gasteiger partial charge is 0.255 e. The molecule has 0 aliphatic rings. The van der Waals surface area contributed by atoms with Crippen molar-refractivity contribution >= 4 is 56.4 Å². The number of thioether (sulfide) groups is 1. The topological polar surface area (TPSA) is 82.0 Å².